The van der Waals surface area contributed by atoms with E-state index in [0.717, 1.165) is 21.9 Å². The summed E-state index contributed by atoms with van der Waals surface area (Å²) >= 11 is 0. The second kappa shape index (κ2) is 8.46. The SMILES string of the molecule is COc1ccc2ccccc2c1C1C(C(=O)OC(C)c2ccccc2)C(C)=Nc2nnnn21. The van der Waals surface area contributed by atoms with E-state index in [1.54, 1.807) is 11.8 Å². The number of aromatic nitrogens is 4. The lowest BCUT2D eigenvalue weighted by molar-refractivity contribution is -0.152. The van der Waals surface area contributed by atoms with E-state index >= 15 is 0 Å². The van der Waals surface area contributed by atoms with Crippen molar-refractivity contribution >= 4 is 28.4 Å². The topological polar surface area (TPSA) is 91.5 Å². The van der Waals surface area contributed by atoms with E-state index in [2.05, 4.69) is 20.5 Å². The van der Waals surface area contributed by atoms with Gasteiger partial charge in [0.25, 0.3) is 5.95 Å². The van der Waals surface area contributed by atoms with Crippen LogP contribution in [0, 0.1) is 5.92 Å². The molecule has 4 aromatic rings. The van der Waals surface area contributed by atoms with Crippen molar-refractivity contribution in [2.75, 3.05) is 7.11 Å². The second-order valence-corrected chi connectivity index (χ2v) is 7.99. The number of rotatable bonds is 5. The van der Waals surface area contributed by atoms with Gasteiger partial charge in [-0.1, -0.05) is 65.8 Å². The van der Waals surface area contributed by atoms with Gasteiger partial charge >= 0.3 is 5.97 Å². The molecule has 0 amide bonds. The number of benzene rings is 3. The van der Waals surface area contributed by atoms with Crippen LogP contribution >= 0.6 is 0 Å². The largest absolute Gasteiger partial charge is 0.496 e. The van der Waals surface area contributed by atoms with Crippen LogP contribution in [0.3, 0.4) is 0 Å². The summed E-state index contributed by atoms with van der Waals surface area (Å²) < 4.78 is 13.3. The molecule has 0 saturated carbocycles. The van der Waals surface area contributed by atoms with Crippen molar-refractivity contribution in [3.05, 3.63) is 77.9 Å². The molecule has 33 heavy (non-hydrogen) atoms. The molecule has 3 aromatic carbocycles. The smallest absolute Gasteiger partial charge is 0.317 e. The molecule has 166 valence electrons. The fraction of sp³-hybridized carbons (Fsp3) is 0.240. The molecule has 0 saturated heterocycles. The summed E-state index contributed by atoms with van der Waals surface area (Å²) in [4.78, 5) is 18.1. The lowest BCUT2D eigenvalue weighted by atomic mass is 9.85. The first-order valence-corrected chi connectivity index (χ1v) is 10.7. The molecule has 8 nitrogen and oxygen atoms in total. The number of aliphatic imine (C=N–C) groups is 1. The molecule has 3 unspecified atom stereocenters. The van der Waals surface area contributed by atoms with Gasteiger partial charge < -0.3 is 9.47 Å². The Morgan fingerprint density at radius 3 is 2.58 bits per heavy atom. The standard InChI is InChI=1S/C25H23N5O3/c1-15-21(24(31)33-16(2)17-9-5-4-6-10-17)23(30-25(26-15)27-28-29-30)22-19-12-8-7-11-18(19)13-14-20(22)32-3/h4-14,16,21,23H,1-3H3. The first-order chi connectivity index (χ1) is 16.1. The molecule has 1 aromatic heterocycles. The zero-order valence-electron chi connectivity index (χ0n) is 18.5. The lowest BCUT2D eigenvalue weighted by Crippen LogP contribution is -2.37. The van der Waals surface area contributed by atoms with Crippen LogP contribution in [0.5, 0.6) is 5.75 Å². The number of hydrogen-bond donors (Lipinski definition) is 0. The van der Waals surface area contributed by atoms with E-state index in [-0.39, 0.29) is 0 Å². The number of esters is 1. The zero-order valence-corrected chi connectivity index (χ0v) is 18.5. The Bertz CT molecular complexity index is 1350. The molecular formula is C25H23N5O3. The number of carbonyl (C=O) groups is 1. The minimum absolute atomic E-state index is 0.340. The molecule has 5 rings (SSSR count). The maximum Gasteiger partial charge on any atom is 0.317 e. The molecule has 0 spiro atoms. The van der Waals surface area contributed by atoms with Gasteiger partial charge in [-0.15, -0.1) is 0 Å². The summed E-state index contributed by atoms with van der Waals surface area (Å²) in [7, 11) is 1.61. The molecule has 0 fully saturated rings. The number of hydrogen-bond acceptors (Lipinski definition) is 7. The molecule has 3 atom stereocenters. The van der Waals surface area contributed by atoms with Gasteiger partial charge in [-0.2, -0.15) is 0 Å². The highest BCUT2D eigenvalue weighted by molar-refractivity contribution is 6.04. The third-order valence-corrected chi connectivity index (χ3v) is 6.04. The van der Waals surface area contributed by atoms with Gasteiger partial charge in [0.05, 0.1) is 7.11 Å². The van der Waals surface area contributed by atoms with Crippen LogP contribution < -0.4 is 4.74 Å². The maximum atomic E-state index is 13.6. The Morgan fingerprint density at radius 1 is 1.03 bits per heavy atom. The normalized spacial score (nSPS) is 18.3. The summed E-state index contributed by atoms with van der Waals surface area (Å²) in [5.41, 5.74) is 2.31. The Hall–Kier alpha value is -4.07. The van der Waals surface area contributed by atoms with Gasteiger partial charge in [-0.3, -0.25) is 4.79 Å². The van der Waals surface area contributed by atoms with Gasteiger partial charge in [0.1, 0.15) is 23.8 Å². The average Bonchev–Trinajstić information content (AvgIpc) is 3.31. The number of methoxy groups -OCH3 is 1. The second-order valence-electron chi connectivity index (χ2n) is 7.99. The quantitative estimate of drug-likeness (QED) is 0.425. The molecule has 0 bridgehead atoms. The lowest BCUT2D eigenvalue weighted by Gasteiger charge is -2.31. The van der Waals surface area contributed by atoms with Gasteiger partial charge in [-0.25, -0.2) is 9.67 Å². The van der Waals surface area contributed by atoms with E-state index in [1.165, 1.54) is 0 Å². The van der Waals surface area contributed by atoms with Crippen LogP contribution in [-0.2, 0) is 9.53 Å². The first-order valence-electron chi connectivity index (χ1n) is 10.7. The van der Waals surface area contributed by atoms with Crippen LogP contribution in [0.15, 0.2) is 71.7 Å². The third kappa shape index (κ3) is 3.63. The summed E-state index contributed by atoms with van der Waals surface area (Å²) in [5, 5.41) is 14.0. The van der Waals surface area contributed by atoms with E-state index < -0.39 is 24.0 Å². The van der Waals surface area contributed by atoms with Crippen molar-refractivity contribution in [3.8, 4) is 5.75 Å². The molecule has 0 radical (unpaired) electrons. The summed E-state index contributed by atoms with van der Waals surface area (Å²) in [6.45, 7) is 3.67. The molecule has 8 heteroatoms. The number of nitrogens with zero attached hydrogens (tertiary/aromatic N) is 5. The predicted molar refractivity (Wildman–Crippen MR) is 124 cm³/mol. The highest BCUT2D eigenvalue weighted by atomic mass is 16.5. The van der Waals surface area contributed by atoms with E-state index in [9.17, 15) is 4.79 Å². The Morgan fingerprint density at radius 2 is 1.79 bits per heavy atom. The van der Waals surface area contributed by atoms with Crippen LogP contribution in [0.25, 0.3) is 10.8 Å². The average molecular weight is 441 g/mol. The van der Waals surface area contributed by atoms with Crippen molar-refractivity contribution in [3.63, 3.8) is 0 Å². The summed E-state index contributed by atoms with van der Waals surface area (Å²) in [6, 6.07) is 20.9. The highest BCUT2D eigenvalue weighted by Crippen LogP contribution is 2.43. The van der Waals surface area contributed by atoms with Crippen molar-refractivity contribution in [1.82, 2.24) is 20.2 Å². The van der Waals surface area contributed by atoms with Crippen molar-refractivity contribution < 1.29 is 14.3 Å². The van der Waals surface area contributed by atoms with Crippen LogP contribution in [0.2, 0.25) is 0 Å². The Balaban J connectivity index is 1.64. The van der Waals surface area contributed by atoms with E-state index in [1.807, 2.05) is 80.6 Å². The van der Waals surface area contributed by atoms with Gasteiger partial charge in [0.2, 0.25) is 0 Å². The zero-order chi connectivity index (χ0) is 22.9. The fourth-order valence-corrected chi connectivity index (χ4v) is 4.43. The molecular weight excluding hydrogens is 418 g/mol. The van der Waals surface area contributed by atoms with Crippen LogP contribution in [-0.4, -0.2) is 39.0 Å². The number of carbonyl (C=O) groups excluding carboxylic acids is 1. The third-order valence-electron chi connectivity index (χ3n) is 6.04. The van der Waals surface area contributed by atoms with Gasteiger partial charge in [0.15, 0.2) is 0 Å². The number of fused-ring (bicyclic) bond motifs is 2. The highest BCUT2D eigenvalue weighted by Gasteiger charge is 2.42. The first kappa shape index (κ1) is 20.8. The maximum absolute atomic E-state index is 13.6. The minimum atomic E-state index is -0.730. The Kier molecular flexibility index (Phi) is 5.34. The molecule has 0 N–H and O–H groups in total. The Labute approximate surface area is 190 Å². The monoisotopic (exact) mass is 441 g/mol. The van der Waals surface area contributed by atoms with Crippen LogP contribution in [0.4, 0.5) is 5.95 Å². The summed E-state index contributed by atoms with van der Waals surface area (Å²) in [6.07, 6.45) is -0.420. The van der Waals surface area contributed by atoms with E-state index in [0.29, 0.717) is 17.4 Å². The predicted octanol–water partition coefficient (Wildman–Crippen LogP) is 4.45. The number of tetrazole rings is 1. The molecule has 0 aliphatic carbocycles. The van der Waals surface area contributed by atoms with Gasteiger partial charge in [0, 0.05) is 11.3 Å². The van der Waals surface area contributed by atoms with Gasteiger partial charge in [-0.05, 0) is 46.7 Å². The molecule has 1 aliphatic rings. The van der Waals surface area contributed by atoms with Crippen molar-refractivity contribution in [1.29, 1.82) is 0 Å². The van der Waals surface area contributed by atoms with E-state index in [4.69, 9.17) is 9.47 Å². The van der Waals surface area contributed by atoms with Crippen LogP contribution in [0.1, 0.15) is 37.1 Å². The molecule has 1 aliphatic heterocycles. The fourth-order valence-electron chi connectivity index (χ4n) is 4.43. The summed E-state index contributed by atoms with van der Waals surface area (Å²) in [5.74, 6) is -0.142. The molecule has 2 heterocycles. The van der Waals surface area contributed by atoms with Crippen molar-refractivity contribution in [2.45, 2.75) is 26.0 Å². The minimum Gasteiger partial charge on any atom is -0.496 e. The number of ether oxygens (including phenoxy) is 2. The van der Waals surface area contributed by atoms with Crippen molar-refractivity contribution in [2.24, 2.45) is 10.9 Å².